The number of aromatic nitrogens is 1. The van der Waals surface area contributed by atoms with Crippen molar-refractivity contribution >= 4 is 43.6 Å². The molecule has 0 N–H and O–H groups in total. The third kappa shape index (κ3) is 4.72. The van der Waals surface area contributed by atoms with Crippen LogP contribution >= 0.6 is 11.3 Å². The zero-order valence-electron chi connectivity index (χ0n) is 15.8. The minimum Gasteiger partial charge on any atom is -0.337 e. The second-order valence-electron chi connectivity index (χ2n) is 6.82. The predicted molar refractivity (Wildman–Crippen MR) is 116 cm³/mol. The molecule has 29 heavy (non-hydrogen) atoms. The van der Waals surface area contributed by atoms with Crippen molar-refractivity contribution in [2.75, 3.05) is 26.2 Å². The average molecular weight is 428 g/mol. The summed E-state index contributed by atoms with van der Waals surface area (Å²) >= 11 is 1.53. The van der Waals surface area contributed by atoms with Gasteiger partial charge in [0.05, 0.1) is 16.0 Å². The Bertz CT molecular complexity index is 1100. The van der Waals surface area contributed by atoms with Crippen LogP contribution in [0, 0.1) is 0 Å². The molecule has 0 spiro atoms. The standard InChI is InChI=1S/C21H21N3O3S2/c25-21(11-10-20-22-18-8-4-5-9-19(18)28-20)23-12-14-24(15-13-23)29(26,27)16-17-6-2-1-3-7-17/h1-11H,12-16H2/b11-10+. The predicted octanol–water partition coefficient (Wildman–Crippen LogP) is 2.98. The normalized spacial score (nSPS) is 15.9. The second kappa shape index (κ2) is 8.44. The molecule has 2 heterocycles. The lowest BCUT2D eigenvalue weighted by Crippen LogP contribution is -2.50. The number of carbonyl (C=O) groups is 1. The average Bonchev–Trinajstić information content (AvgIpc) is 3.15. The number of hydrogen-bond donors (Lipinski definition) is 0. The highest BCUT2D eigenvalue weighted by atomic mass is 32.2. The first-order valence-electron chi connectivity index (χ1n) is 9.35. The van der Waals surface area contributed by atoms with Gasteiger partial charge in [0, 0.05) is 32.3 Å². The third-order valence-electron chi connectivity index (χ3n) is 4.81. The van der Waals surface area contributed by atoms with Crippen molar-refractivity contribution in [2.45, 2.75) is 5.75 Å². The van der Waals surface area contributed by atoms with Gasteiger partial charge in [-0.2, -0.15) is 4.31 Å². The van der Waals surface area contributed by atoms with E-state index in [1.54, 1.807) is 11.0 Å². The maximum Gasteiger partial charge on any atom is 0.246 e. The van der Waals surface area contributed by atoms with Crippen LogP contribution in [0.1, 0.15) is 10.6 Å². The van der Waals surface area contributed by atoms with E-state index in [9.17, 15) is 13.2 Å². The molecule has 1 saturated heterocycles. The molecule has 8 heteroatoms. The molecule has 1 fully saturated rings. The number of piperazine rings is 1. The van der Waals surface area contributed by atoms with Gasteiger partial charge >= 0.3 is 0 Å². The van der Waals surface area contributed by atoms with Gasteiger partial charge in [0.2, 0.25) is 15.9 Å². The van der Waals surface area contributed by atoms with Crippen molar-refractivity contribution in [3.63, 3.8) is 0 Å². The molecule has 6 nitrogen and oxygen atoms in total. The van der Waals surface area contributed by atoms with Crippen molar-refractivity contribution in [3.8, 4) is 0 Å². The highest BCUT2D eigenvalue weighted by Crippen LogP contribution is 2.22. The zero-order valence-corrected chi connectivity index (χ0v) is 17.4. The van der Waals surface area contributed by atoms with Crippen molar-refractivity contribution < 1.29 is 13.2 Å². The number of hydrogen-bond acceptors (Lipinski definition) is 5. The summed E-state index contributed by atoms with van der Waals surface area (Å²) in [6.45, 7) is 1.40. The molecule has 1 aromatic heterocycles. The van der Waals surface area contributed by atoms with Crippen LogP contribution < -0.4 is 0 Å². The van der Waals surface area contributed by atoms with Gasteiger partial charge < -0.3 is 4.90 Å². The van der Waals surface area contributed by atoms with E-state index >= 15 is 0 Å². The first-order chi connectivity index (χ1) is 14.0. The topological polar surface area (TPSA) is 70.6 Å². The van der Waals surface area contributed by atoms with Gasteiger partial charge in [0.15, 0.2) is 0 Å². The third-order valence-corrected chi connectivity index (χ3v) is 7.67. The van der Waals surface area contributed by atoms with E-state index in [-0.39, 0.29) is 11.7 Å². The van der Waals surface area contributed by atoms with Crippen molar-refractivity contribution in [1.29, 1.82) is 0 Å². The summed E-state index contributed by atoms with van der Waals surface area (Å²) in [4.78, 5) is 18.6. The Balaban J connectivity index is 1.34. The molecular weight excluding hydrogens is 406 g/mol. The van der Waals surface area contributed by atoms with Gasteiger partial charge in [-0.15, -0.1) is 11.3 Å². The highest BCUT2D eigenvalue weighted by molar-refractivity contribution is 7.88. The van der Waals surface area contributed by atoms with Crippen LogP contribution in [0.3, 0.4) is 0 Å². The summed E-state index contributed by atoms with van der Waals surface area (Å²) in [6.07, 6.45) is 3.25. The first-order valence-corrected chi connectivity index (χ1v) is 11.8. The summed E-state index contributed by atoms with van der Waals surface area (Å²) in [5.74, 6) is -0.136. The Kier molecular flexibility index (Phi) is 5.75. The minimum atomic E-state index is -3.39. The van der Waals surface area contributed by atoms with Crippen LogP contribution in [0.4, 0.5) is 0 Å². The van der Waals surface area contributed by atoms with Crippen LogP contribution in [0.5, 0.6) is 0 Å². The number of amides is 1. The number of fused-ring (bicyclic) bond motifs is 1. The molecule has 1 aliphatic heterocycles. The minimum absolute atomic E-state index is 0.0146. The van der Waals surface area contributed by atoms with Gasteiger partial charge in [-0.25, -0.2) is 13.4 Å². The first kappa shape index (κ1) is 19.8. The van der Waals surface area contributed by atoms with E-state index in [4.69, 9.17) is 0 Å². The number of carbonyl (C=O) groups excluding carboxylic acids is 1. The maximum atomic E-state index is 12.6. The maximum absolute atomic E-state index is 12.6. The monoisotopic (exact) mass is 427 g/mol. The van der Waals surface area contributed by atoms with Crippen LogP contribution in [0.15, 0.2) is 60.7 Å². The molecule has 2 aromatic carbocycles. The summed E-state index contributed by atoms with van der Waals surface area (Å²) in [6, 6.07) is 17.0. The van der Waals surface area contributed by atoms with E-state index in [1.165, 1.54) is 21.7 Å². The molecule has 0 saturated carbocycles. The molecule has 1 amide bonds. The Morgan fingerprint density at radius 2 is 1.69 bits per heavy atom. The smallest absolute Gasteiger partial charge is 0.246 e. The second-order valence-corrected chi connectivity index (χ2v) is 9.85. The number of nitrogens with zero attached hydrogens (tertiary/aromatic N) is 3. The fourth-order valence-electron chi connectivity index (χ4n) is 3.27. The van der Waals surface area contributed by atoms with Crippen LogP contribution in [-0.4, -0.2) is 54.7 Å². The highest BCUT2D eigenvalue weighted by Gasteiger charge is 2.28. The van der Waals surface area contributed by atoms with Crippen molar-refractivity contribution in [2.24, 2.45) is 0 Å². The number of rotatable bonds is 5. The van der Waals surface area contributed by atoms with Gasteiger partial charge in [0.1, 0.15) is 5.01 Å². The largest absolute Gasteiger partial charge is 0.337 e. The van der Waals surface area contributed by atoms with Crippen LogP contribution in [-0.2, 0) is 20.6 Å². The van der Waals surface area contributed by atoms with Gasteiger partial charge in [-0.1, -0.05) is 42.5 Å². The number of sulfonamides is 1. The van der Waals surface area contributed by atoms with E-state index in [1.807, 2.05) is 54.6 Å². The lowest BCUT2D eigenvalue weighted by molar-refractivity contribution is -0.127. The lowest BCUT2D eigenvalue weighted by Gasteiger charge is -2.33. The molecular formula is C21H21N3O3S2. The van der Waals surface area contributed by atoms with Crippen LogP contribution in [0.25, 0.3) is 16.3 Å². The van der Waals surface area contributed by atoms with E-state index in [2.05, 4.69) is 4.98 Å². The molecule has 0 radical (unpaired) electrons. The SMILES string of the molecule is O=C(/C=C/c1nc2ccccc2s1)N1CCN(S(=O)(=O)Cc2ccccc2)CC1. The quantitative estimate of drug-likeness (QED) is 0.587. The van der Waals surface area contributed by atoms with Gasteiger partial charge in [-0.3, -0.25) is 4.79 Å². The molecule has 0 aliphatic carbocycles. The number of para-hydroxylation sites is 1. The summed E-state index contributed by atoms with van der Waals surface area (Å²) < 4.78 is 27.8. The van der Waals surface area contributed by atoms with Gasteiger partial charge in [-0.05, 0) is 23.8 Å². The molecule has 3 aromatic rings. The Labute approximate surface area is 174 Å². The fourth-order valence-corrected chi connectivity index (χ4v) is 5.66. The Hall–Kier alpha value is -2.55. The number of benzene rings is 2. The van der Waals surface area contributed by atoms with Gasteiger partial charge in [0.25, 0.3) is 0 Å². The Morgan fingerprint density at radius 1 is 1.00 bits per heavy atom. The summed E-state index contributed by atoms with van der Waals surface area (Å²) in [5.41, 5.74) is 1.69. The van der Waals surface area contributed by atoms with E-state index < -0.39 is 10.0 Å². The molecule has 0 atom stereocenters. The van der Waals surface area contributed by atoms with E-state index in [0.29, 0.717) is 26.2 Å². The molecule has 0 unspecified atom stereocenters. The number of thiazole rings is 1. The lowest BCUT2D eigenvalue weighted by atomic mass is 10.2. The van der Waals surface area contributed by atoms with Crippen molar-refractivity contribution in [1.82, 2.24) is 14.2 Å². The molecule has 4 rings (SSSR count). The summed E-state index contributed by atoms with van der Waals surface area (Å²) in [5, 5.41) is 0.781. The Morgan fingerprint density at radius 3 is 2.41 bits per heavy atom. The van der Waals surface area contributed by atoms with Crippen LogP contribution in [0.2, 0.25) is 0 Å². The van der Waals surface area contributed by atoms with E-state index in [0.717, 1.165) is 20.8 Å². The fraction of sp³-hybridized carbons (Fsp3) is 0.238. The van der Waals surface area contributed by atoms with Crippen molar-refractivity contribution in [3.05, 3.63) is 71.2 Å². The zero-order chi connectivity index (χ0) is 20.3. The molecule has 1 aliphatic rings. The summed E-state index contributed by atoms with van der Waals surface area (Å²) in [7, 11) is -3.39. The molecule has 0 bridgehead atoms. The molecule has 150 valence electrons.